The van der Waals surface area contributed by atoms with Crippen LogP contribution in [0, 0.1) is 0 Å². The Hall–Kier alpha value is -3.24. The molecule has 1 amide bonds. The molecule has 0 radical (unpaired) electrons. The number of sulfonamides is 1. The summed E-state index contributed by atoms with van der Waals surface area (Å²) >= 11 is 0. The monoisotopic (exact) mass is 388 g/mol. The van der Waals surface area contributed by atoms with E-state index in [0.29, 0.717) is 16.8 Å². The van der Waals surface area contributed by atoms with Crippen molar-refractivity contribution >= 4 is 32.7 Å². The molecule has 9 nitrogen and oxygen atoms in total. The van der Waals surface area contributed by atoms with Crippen LogP contribution in [0.15, 0.2) is 56.9 Å². The maximum atomic E-state index is 12.5. The van der Waals surface area contributed by atoms with E-state index in [9.17, 15) is 22.8 Å². The molecule has 1 aromatic heterocycles. The zero-order valence-corrected chi connectivity index (χ0v) is 15.0. The quantitative estimate of drug-likeness (QED) is 0.475. The number of fused-ring (bicyclic) bond motifs is 1. The highest BCUT2D eigenvalue weighted by atomic mass is 32.2. The number of hydrogen-bond donors (Lipinski definition) is 4. The minimum atomic E-state index is -3.84. The van der Waals surface area contributed by atoms with Crippen molar-refractivity contribution in [3.63, 3.8) is 0 Å². The number of aromatic amines is 2. The summed E-state index contributed by atoms with van der Waals surface area (Å²) in [6.07, 6.45) is 0. The fraction of sp³-hybridized carbons (Fsp3) is 0.118. The Morgan fingerprint density at radius 3 is 2.22 bits per heavy atom. The molecule has 0 saturated carbocycles. The highest BCUT2D eigenvalue weighted by Crippen LogP contribution is 2.15. The largest absolute Gasteiger partial charge is 0.326 e. The molecule has 1 heterocycles. The van der Waals surface area contributed by atoms with E-state index in [1.807, 2.05) is 0 Å². The average Bonchev–Trinajstić information content (AvgIpc) is 2.61. The maximum absolute atomic E-state index is 12.5. The van der Waals surface area contributed by atoms with Gasteiger partial charge < -0.3 is 15.3 Å². The molecule has 10 heteroatoms. The first-order valence-electron chi connectivity index (χ1n) is 7.87. The van der Waals surface area contributed by atoms with E-state index in [0.717, 1.165) is 0 Å². The van der Waals surface area contributed by atoms with Gasteiger partial charge in [0.15, 0.2) is 0 Å². The third-order valence-electron chi connectivity index (χ3n) is 3.74. The van der Waals surface area contributed by atoms with Gasteiger partial charge >= 0.3 is 11.1 Å². The molecule has 0 fully saturated rings. The summed E-state index contributed by atoms with van der Waals surface area (Å²) in [6.45, 7) is 1.44. The van der Waals surface area contributed by atoms with Gasteiger partial charge in [-0.05, 0) is 35.9 Å². The Morgan fingerprint density at radius 2 is 1.59 bits per heavy atom. The summed E-state index contributed by atoms with van der Waals surface area (Å²) in [6, 6.07) is 10.7. The molecule has 0 unspecified atom stereocenters. The van der Waals surface area contributed by atoms with Gasteiger partial charge in [-0.2, -0.15) is 0 Å². The predicted octanol–water partition coefficient (Wildman–Crippen LogP) is 0.653. The van der Waals surface area contributed by atoms with E-state index in [4.69, 9.17) is 0 Å². The zero-order valence-electron chi connectivity index (χ0n) is 14.2. The minimum Gasteiger partial charge on any atom is -0.326 e. The number of benzene rings is 2. The summed E-state index contributed by atoms with van der Waals surface area (Å²) < 4.78 is 27.4. The Labute approximate surface area is 153 Å². The van der Waals surface area contributed by atoms with E-state index >= 15 is 0 Å². The van der Waals surface area contributed by atoms with Crippen LogP contribution >= 0.6 is 0 Å². The molecule has 0 aliphatic rings. The third kappa shape index (κ3) is 4.30. The third-order valence-corrected chi connectivity index (χ3v) is 5.14. The molecule has 0 atom stereocenters. The van der Waals surface area contributed by atoms with Gasteiger partial charge in [-0.15, -0.1) is 0 Å². The number of amides is 1. The number of nitrogens with one attached hydrogen (secondary N) is 4. The first kappa shape index (κ1) is 18.5. The highest BCUT2D eigenvalue weighted by Gasteiger charge is 2.15. The molecule has 27 heavy (non-hydrogen) atoms. The first-order valence-corrected chi connectivity index (χ1v) is 9.35. The molecule has 2 aromatic carbocycles. The van der Waals surface area contributed by atoms with Gasteiger partial charge in [-0.1, -0.05) is 12.1 Å². The summed E-state index contributed by atoms with van der Waals surface area (Å²) in [4.78, 5) is 38.4. The lowest BCUT2D eigenvalue weighted by Gasteiger charge is -2.09. The number of carbonyl (C=O) groups is 1. The molecular formula is C17H16N4O5S. The van der Waals surface area contributed by atoms with Crippen LogP contribution in [0.1, 0.15) is 12.5 Å². The molecule has 0 bridgehead atoms. The fourth-order valence-electron chi connectivity index (χ4n) is 2.43. The molecule has 0 aliphatic heterocycles. The molecule has 0 saturated heterocycles. The van der Waals surface area contributed by atoms with Crippen LogP contribution in [0.3, 0.4) is 0 Å². The molecule has 0 aliphatic carbocycles. The first-order chi connectivity index (χ1) is 12.7. The number of H-pyrrole nitrogens is 2. The van der Waals surface area contributed by atoms with Gasteiger partial charge in [-0.3, -0.25) is 14.4 Å². The maximum Gasteiger partial charge on any atom is 0.314 e. The minimum absolute atomic E-state index is 0.0445. The summed E-state index contributed by atoms with van der Waals surface area (Å²) in [5.74, 6) is -0.195. The van der Waals surface area contributed by atoms with Gasteiger partial charge in [0, 0.05) is 19.2 Å². The van der Waals surface area contributed by atoms with Crippen molar-refractivity contribution in [1.82, 2.24) is 14.7 Å². The van der Waals surface area contributed by atoms with Crippen LogP contribution in [-0.4, -0.2) is 24.3 Å². The Morgan fingerprint density at radius 1 is 0.963 bits per heavy atom. The van der Waals surface area contributed by atoms with Crippen LogP contribution in [0.2, 0.25) is 0 Å². The van der Waals surface area contributed by atoms with Crippen molar-refractivity contribution in [3.8, 4) is 0 Å². The van der Waals surface area contributed by atoms with Crippen LogP contribution in [0.25, 0.3) is 11.0 Å². The predicted molar refractivity (Wildman–Crippen MR) is 100.0 cm³/mol. The molecule has 0 spiro atoms. The number of hydrogen-bond acceptors (Lipinski definition) is 5. The van der Waals surface area contributed by atoms with Crippen molar-refractivity contribution in [1.29, 1.82) is 0 Å². The lowest BCUT2D eigenvalue weighted by molar-refractivity contribution is -0.114. The number of anilines is 1. The Bertz CT molecular complexity index is 1230. The lowest BCUT2D eigenvalue weighted by atomic mass is 10.2. The topological polar surface area (TPSA) is 141 Å². The van der Waals surface area contributed by atoms with Crippen molar-refractivity contribution < 1.29 is 13.2 Å². The normalized spacial score (nSPS) is 11.4. The van der Waals surface area contributed by atoms with Gasteiger partial charge in [0.25, 0.3) is 0 Å². The standard InChI is InChI=1S/C17H16N4O5S/c1-10(22)19-12-4-2-11(3-5-12)9-18-27(25,26)13-6-7-14-15(8-13)21-17(24)16(23)20-14/h2-8,18H,9H2,1H3,(H,19,22)(H,20,23)(H,21,24). The van der Waals surface area contributed by atoms with Crippen LogP contribution in [-0.2, 0) is 21.4 Å². The van der Waals surface area contributed by atoms with Crippen LogP contribution in [0.5, 0.6) is 0 Å². The summed E-state index contributed by atoms with van der Waals surface area (Å²) in [5, 5.41) is 2.62. The van der Waals surface area contributed by atoms with E-state index < -0.39 is 21.1 Å². The highest BCUT2D eigenvalue weighted by molar-refractivity contribution is 7.89. The average molecular weight is 388 g/mol. The second-order valence-electron chi connectivity index (χ2n) is 5.82. The zero-order chi connectivity index (χ0) is 19.6. The number of aromatic nitrogens is 2. The van der Waals surface area contributed by atoms with Gasteiger partial charge in [0.2, 0.25) is 15.9 Å². The second kappa shape index (κ2) is 7.17. The Balaban J connectivity index is 1.79. The molecule has 4 N–H and O–H groups in total. The van der Waals surface area contributed by atoms with E-state index in [2.05, 4.69) is 20.0 Å². The van der Waals surface area contributed by atoms with Crippen molar-refractivity contribution in [2.75, 3.05) is 5.32 Å². The lowest BCUT2D eigenvalue weighted by Crippen LogP contribution is -2.29. The Kier molecular flexibility index (Phi) is 4.93. The fourth-order valence-corrected chi connectivity index (χ4v) is 3.48. The molecular weight excluding hydrogens is 372 g/mol. The van der Waals surface area contributed by atoms with Gasteiger partial charge in [0.05, 0.1) is 15.9 Å². The van der Waals surface area contributed by atoms with Crippen LogP contribution < -0.4 is 21.2 Å². The van der Waals surface area contributed by atoms with Crippen molar-refractivity contribution in [3.05, 3.63) is 68.7 Å². The molecule has 140 valence electrons. The smallest absolute Gasteiger partial charge is 0.314 e. The van der Waals surface area contributed by atoms with E-state index in [-0.39, 0.29) is 22.9 Å². The van der Waals surface area contributed by atoms with Gasteiger partial charge in [0.1, 0.15) is 0 Å². The number of rotatable bonds is 5. The molecule has 3 aromatic rings. The summed E-state index contributed by atoms with van der Waals surface area (Å²) in [7, 11) is -3.84. The second-order valence-corrected chi connectivity index (χ2v) is 7.59. The molecule has 3 rings (SSSR count). The van der Waals surface area contributed by atoms with E-state index in [1.54, 1.807) is 24.3 Å². The van der Waals surface area contributed by atoms with Gasteiger partial charge in [-0.25, -0.2) is 13.1 Å². The van der Waals surface area contributed by atoms with E-state index in [1.165, 1.54) is 25.1 Å². The summed E-state index contributed by atoms with van der Waals surface area (Å²) in [5.41, 5.74) is 0.185. The van der Waals surface area contributed by atoms with Crippen molar-refractivity contribution in [2.24, 2.45) is 0 Å². The van der Waals surface area contributed by atoms with Crippen molar-refractivity contribution in [2.45, 2.75) is 18.4 Å². The SMILES string of the molecule is CC(=O)Nc1ccc(CNS(=O)(=O)c2ccc3[nH]c(=O)c(=O)[nH]c3c2)cc1. The van der Waals surface area contributed by atoms with Crippen LogP contribution in [0.4, 0.5) is 5.69 Å². The number of carbonyl (C=O) groups excluding carboxylic acids is 1.